The van der Waals surface area contributed by atoms with Gasteiger partial charge in [0.1, 0.15) is 10.1 Å². The fraction of sp³-hybridized carbons (Fsp3) is 0.462. The van der Waals surface area contributed by atoms with E-state index in [2.05, 4.69) is 0 Å². The van der Waals surface area contributed by atoms with Gasteiger partial charge in [-0.15, -0.1) is 23.2 Å². The molecule has 0 aromatic heterocycles. The SMILES string of the molecule is COc1ccc(Cl)cc1CN(C)C(=O)C1CC1(Cl)Cl. The van der Waals surface area contributed by atoms with E-state index < -0.39 is 4.33 Å². The van der Waals surface area contributed by atoms with Gasteiger partial charge < -0.3 is 9.64 Å². The average Bonchev–Trinajstić information content (AvgIpc) is 2.97. The van der Waals surface area contributed by atoms with Crippen molar-refractivity contribution in [2.75, 3.05) is 14.2 Å². The van der Waals surface area contributed by atoms with E-state index in [4.69, 9.17) is 39.5 Å². The fourth-order valence-corrected chi connectivity index (χ4v) is 2.64. The van der Waals surface area contributed by atoms with Crippen molar-refractivity contribution in [1.82, 2.24) is 4.90 Å². The Balaban J connectivity index is 2.08. The minimum Gasteiger partial charge on any atom is -0.496 e. The Morgan fingerprint density at radius 3 is 2.68 bits per heavy atom. The molecule has 3 nitrogen and oxygen atoms in total. The molecule has 104 valence electrons. The van der Waals surface area contributed by atoms with Crippen LogP contribution in [0.4, 0.5) is 0 Å². The van der Waals surface area contributed by atoms with Crippen LogP contribution in [0.2, 0.25) is 5.02 Å². The molecule has 0 heterocycles. The number of benzene rings is 1. The minimum absolute atomic E-state index is 0.0629. The zero-order valence-corrected chi connectivity index (χ0v) is 12.9. The first-order valence-corrected chi connectivity index (χ1v) is 6.94. The normalized spacial score (nSPS) is 19.9. The summed E-state index contributed by atoms with van der Waals surface area (Å²) in [4.78, 5) is 13.7. The van der Waals surface area contributed by atoms with Gasteiger partial charge in [-0.2, -0.15) is 0 Å². The highest BCUT2D eigenvalue weighted by Crippen LogP contribution is 2.53. The van der Waals surface area contributed by atoms with E-state index >= 15 is 0 Å². The van der Waals surface area contributed by atoms with E-state index in [1.807, 2.05) is 0 Å². The van der Waals surface area contributed by atoms with E-state index in [1.165, 1.54) is 0 Å². The summed E-state index contributed by atoms with van der Waals surface area (Å²) in [6.07, 6.45) is 0.506. The van der Waals surface area contributed by atoms with Crippen molar-refractivity contribution in [2.45, 2.75) is 17.3 Å². The number of halogens is 3. The van der Waals surface area contributed by atoms with Crippen LogP contribution < -0.4 is 4.74 Å². The van der Waals surface area contributed by atoms with Crippen LogP contribution in [-0.2, 0) is 11.3 Å². The Morgan fingerprint density at radius 2 is 2.16 bits per heavy atom. The molecule has 1 aliphatic carbocycles. The van der Waals surface area contributed by atoms with Crippen LogP contribution in [0, 0.1) is 5.92 Å². The standard InChI is InChI=1S/C13H14Cl3NO2/c1-17(12(18)10-6-13(10,15)16)7-8-5-9(14)3-4-11(8)19-2/h3-5,10H,6-7H2,1-2H3. The maximum absolute atomic E-state index is 12.1. The fourth-order valence-electron chi connectivity index (χ4n) is 1.95. The highest BCUT2D eigenvalue weighted by atomic mass is 35.5. The van der Waals surface area contributed by atoms with E-state index in [-0.39, 0.29) is 11.8 Å². The van der Waals surface area contributed by atoms with E-state index in [0.717, 1.165) is 5.56 Å². The first kappa shape index (κ1) is 14.8. The number of rotatable bonds is 4. The quantitative estimate of drug-likeness (QED) is 0.794. The van der Waals surface area contributed by atoms with Gasteiger partial charge in [-0.25, -0.2) is 0 Å². The van der Waals surface area contributed by atoms with E-state index in [9.17, 15) is 4.79 Å². The molecule has 1 aromatic rings. The lowest BCUT2D eigenvalue weighted by Crippen LogP contribution is -2.29. The average molecular weight is 323 g/mol. The van der Waals surface area contributed by atoms with Crippen LogP contribution in [-0.4, -0.2) is 29.3 Å². The summed E-state index contributed by atoms with van der Waals surface area (Å²) in [6, 6.07) is 5.31. The summed E-state index contributed by atoms with van der Waals surface area (Å²) in [5.41, 5.74) is 0.848. The van der Waals surface area contributed by atoms with Gasteiger partial charge in [0.25, 0.3) is 0 Å². The zero-order chi connectivity index (χ0) is 14.2. The van der Waals surface area contributed by atoms with Gasteiger partial charge >= 0.3 is 0 Å². The molecule has 6 heteroatoms. The number of nitrogens with zero attached hydrogens (tertiary/aromatic N) is 1. The largest absolute Gasteiger partial charge is 0.496 e. The van der Waals surface area contributed by atoms with E-state index in [1.54, 1.807) is 37.3 Å². The van der Waals surface area contributed by atoms with Crippen LogP contribution in [0.25, 0.3) is 0 Å². The summed E-state index contributed by atoms with van der Waals surface area (Å²) in [5, 5.41) is 0.604. The molecule has 0 spiro atoms. The summed E-state index contributed by atoms with van der Waals surface area (Å²) in [5.74, 6) is 0.320. The molecule has 0 saturated heterocycles. The second-order valence-electron chi connectivity index (χ2n) is 4.67. The number of alkyl halides is 2. The molecule has 0 bridgehead atoms. The molecule has 1 unspecified atom stereocenters. The molecule has 1 aliphatic rings. The summed E-state index contributed by atoms with van der Waals surface area (Å²) < 4.78 is 4.35. The Bertz CT molecular complexity index is 505. The maximum atomic E-state index is 12.1. The molecule has 19 heavy (non-hydrogen) atoms. The van der Waals surface area contributed by atoms with Gasteiger partial charge in [0.15, 0.2) is 0 Å². The zero-order valence-electron chi connectivity index (χ0n) is 10.6. The topological polar surface area (TPSA) is 29.5 Å². The lowest BCUT2D eigenvalue weighted by atomic mass is 10.2. The van der Waals surface area contributed by atoms with Crippen molar-refractivity contribution in [3.63, 3.8) is 0 Å². The lowest BCUT2D eigenvalue weighted by Gasteiger charge is -2.19. The van der Waals surface area contributed by atoms with Crippen molar-refractivity contribution >= 4 is 40.7 Å². The number of amides is 1. The van der Waals surface area contributed by atoms with Crippen molar-refractivity contribution < 1.29 is 9.53 Å². The first-order valence-electron chi connectivity index (χ1n) is 5.80. The third kappa shape index (κ3) is 3.28. The molecule has 0 radical (unpaired) electrons. The van der Waals surface area contributed by atoms with Gasteiger partial charge in [0, 0.05) is 24.2 Å². The van der Waals surface area contributed by atoms with Crippen LogP contribution in [0.5, 0.6) is 5.75 Å². The molecule has 1 fully saturated rings. The molecular weight excluding hydrogens is 309 g/mol. The summed E-state index contributed by atoms with van der Waals surface area (Å²) in [7, 11) is 3.29. The van der Waals surface area contributed by atoms with E-state index in [0.29, 0.717) is 23.7 Å². The van der Waals surface area contributed by atoms with Crippen molar-refractivity contribution in [3.05, 3.63) is 28.8 Å². The third-order valence-electron chi connectivity index (χ3n) is 3.15. The highest BCUT2D eigenvalue weighted by molar-refractivity contribution is 6.52. The Hall–Kier alpha value is -0.640. The van der Waals surface area contributed by atoms with Gasteiger partial charge in [0.05, 0.1) is 13.0 Å². The number of hydrogen-bond donors (Lipinski definition) is 0. The number of carbonyl (C=O) groups excluding carboxylic acids is 1. The number of methoxy groups -OCH3 is 1. The molecule has 0 aliphatic heterocycles. The summed E-state index contributed by atoms with van der Waals surface area (Å²) >= 11 is 17.8. The Labute approximate surface area is 127 Å². The third-order valence-corrected chi connectivity index (χ3v) is 4.22. The maximum Gasteiger partial charge on any atom is 0.228 e. The predicted octanol–water partition coefficient (Wildman–Crippen LogP) is 3.50. The Kier molecular flexibility index (Phi) is 4.19. The first-order chi connectivity index (χ1) is 8.85. The second kappa shape index (κ2) is 5.39. The molecule has 1 atom stereocenters. The van der Waals surface area contributed by atoms with Gasteiger partial charge in [0.2, 0.25) is 5.91 Å². The van der Waals surface area contributed by atoms with Gasteiger partial charge in [-0.3, -0.25) is 4.79 Å². The molecule has 0 N–H and O–H groups in total. The molecule has 1 aromatic carbocycles. The monoisotopic (exact) mass is 321 g/mol. The Morgan fingerprint density at radius 1 is 1.53 bits per heavy atom. The second-order valence-corrected chi connectivity index (χ2v) is 6.65. The van der Waals surface area contributed by atoms with Crippen LogP contribution >= 0.6 is 34.8 Å². The lowest BCUT2D eigenvalue weighted by molar-refractivity contribution is -0.131. The van der Waals surface area contributed by atoms with Crippen molar-refractivity contribution in [2.24, 2.45) is 5.92 Å². The van der Waals surface area contributed by atoms with Crippen LogP contribution in [0.3, 0.4) is 0 Å². The van der Waals surface area contributed by atoms with Gasteiger partial charge in [-0.1, -0.05) is 11.6 Å². The number of hydrogen-bond acceptors (Lipinski definition) is 2. The predicted molar refractivity (Wildman–Crippen MR) is 77.0 cm³/mol. The molecular formula is C13H14Cl3NO2. The van der Waals surface area contributed by atoms with Crippen molar-refractivity contribution in [1.29, 1.82) is 0 Å². The van der Waals surface area contributed by atoms with Crippen LogP contribution in [0.1, 0.15) is 12.0 Å². The molecule has 1 saturated carbocycles. The van der Waals surface area contributed by atoms with Gasteiger partial charge in [-0.05, 0) is 24.6 Å². The minimum atomic E-state index is -0.899. The molecule has 2 rings (SSSR count). The smallest absolute Gasteiger partial charge is 0.228 e. The van der Waals surface area contributed by atoms with Crippen LogP contribution in [0.15, 0.2) is 18.2 Å². The van der Waals surface area contributed by atoms with Crippen molar-refractivity contribution in [3.8, 4) is 5.75 Å². The highest BCUT2D eigenvalue weighted by Gasteiger charge is 2.57. The number of ether oxygens (including phenoxy) is 1. The number of carbonyl (C=O) groups is 1. The molecule has 1 amide bonds. The summed E-state index contributed by atoms with van der Waals surface area (Å²) in [6.45, 7) is 0.406.